The number of esters is 2. The molecular formula is C65H122N8O13. The number of primary amides is 1. The molecule has 0 aliphatic rings. The van der Waals surface area contributed by atoms with E-state index in [0.717, 1.165) is 135 Å². The molecule has 0 aromatic rings. The normalized spacial score (nSPS) is 11.9. The number of ether oxygens (including phenoxy) is 2. The van der Waals surface area contributed by atoms with Gasteiger partial charge in [-0.2, -0.15) is 0 Å². The van der Waals surface area contributed by atoms with E-state index >= 15 is 9.59 Å². The molecule has 0 fully saturated rings. The molecule has 7 amide bonds. The number of aliphatic hydroxyl groups excluding tert-OH is 2. The van der Waals surface area contributed by atoms with Crippen molar-refractivity contribution < 1.29 is 62.8 Å². The Bertz CT molecular complexity index is 1860. The molecule has 0 radical (unpaired) electrons. The summed E-state index contributed by atoms with van der Waals surface area (Å²) in [6.07, 6.45) is 22.7. The first kappa shape index (κ1) is 81.1. The van der Waals surface area contributed by atoms with E-state index in [1.165, 1.54) is 29.4 Å². The molecule has 0 aromatic heterocycles. The third-order valence-electron chi connectivity index (χ3n) is 15.9. The largest absolute Gasteiger partial charge is 0.464 e. The van der Waals surface area contributed by atoms with Crippen LogP contribution in [0.4, 0.5) is 0 Å². The van der Waals surface area contributed by atoms with E-state index < -0.39 is 105 Å². The highest BCUT2D eigenvalue weighted by Gasteiger charge is 2.31. The fourth-order valence-electron chi connectivity index (χ4n) is 10.1. The van der Waals surface area contributed by atoms with E-state index in [9.17, 15) is 43.8 Å². The number of carbonyl (C=O) groups excluding carboxylic acids is 9. The zero-order valence-corrected chi connectivity index (χ0v) is 55.2. The lowest BCUT2D eigenvalue weighted by Gasteiger charge is -2.33. The summed E-state index contributed by atoms with van der Waals surface area (Å²) < 4.78 is 11.2. The number of carbonyl (C=O) groups is 9. The topological polar surface area (TPSA) is 270 Å². The summed E-state index contributed by atoms with van der Waals surface area (Å²) in [6, 6.07) is -0.756. The van der Waals surface area contributed by atoms with Gasteiger partial charge >= 0.3 is 11.9 Å². The summed E-state index contributed by atoms with van der Waals surface area (Å²) in [7, 11) is 0. The molecule has 0 saturated heterocycles. The molecule has 500 valence electrons. The third-order valence-corrected chi connectivity index (χ3v) is 15.9. The van der Waals surface area contributed by atoms with Gasteiger partial charge < -0.3 is 60.1 Å². The Kier molecular flexibility index (Phi) is 50.1. The Labute approximate surface area is 519 Å². The molecule has 2 atom stereocenters. The minimum atomic E-state index is -0.756. The lowest BCUT2D eigenvalue weighted by atomic mass is 9.98. The molecule has 0 aromatic carbocycles. The number of unbranched alkanes of at least 4 members (excludes halogenated alkanes) is 16. The van der Waals surface area contributed by atoms with Crippen LogP contribution in [0.5, 0.6) is 0 Å². The van der Waals surface area contributed by atoms with Gasteiger partial charge in [0.05, 0.1) is 78.2 Å². The van der Waals surface area contributed by atoms with Gasteiger partial charge in [-0.05, 0) is 50.4 Å². The van der Waals surface area contributed by atoms with E-state index in [2.05, 4.69) is 46.9 Å². The molecule has 0 rings (SSSR count). The highest BCUT2D eigenvalue weighted by molar-refractivity contribution is 5.93. The standard InChI is InChI=1S/C65H122N8O13/c1-9-17-23-27-29-35-64(83)85-41-39-70(49-62(81)72(46-57(66)76)44-54(15-7)33-21-13-5)60(79)48-69(38-32-26-20-12-4)61(80)51-73(45-55(16-8)34-22-14-6)63(82)50-71(40-42-86-65(84)36-30-28-24-18-10-2)59(78)47-68(37-31-25-19-11-3)58(77)43-67-56(52-74)53-75/h54-56,67,74-75H,9-53H2,1-8H3,(H2,66,76). The van der Waals surface area contributed by atoms with Crippen LogP contribution in [0, 0.1) is 11.8 Å². The monoisotopic (exact) mass is 1220 g/mol. The van der Waals surface area contributed by atoms with Gasteiger partial charge in [-0.1, -0.05) is 184 Å². The van der Waals surface area contributed by atoms with Crippen molar-refractivity contribution in [3.05, 3.63) is 0 Å². The van der Waals surface area contributed by atoms with Crippen molar-refractivity contribution in [2.24, 2.45) is 17.6 Å². The van der Waals surface area contributed by atoms with Crippen molar-refractivity contribution in [2.45, 2.75) is 241 Å². The maximum atomic E-state index is 15.0. The molecule has 0 bridgehead atoms. The second-order valence-electron chi connectivity index (χ2n) is 23.4. The van der Waals surface area contributed by atoms with E-state index in [0.29, 0.717) is 32.1 Å². The molecule has 5 N–H and O–H groups in total. The second-order valence-corrected chi connectivity index (χ2v) is 23.4. The number of nitrogens with zero attached hydrogens (tertiary/aromatic N) is 6. The van der Waals surface area contributed by atoms with Crippen LogP contribution < -0.4 is 11.1 Å². The lowest BCUT2D eigenvalue weighted by Crippen LogP contribution is -2.53. The molecule has 2 unspecified atom stereocenters. The summed E-state index contributed by atoms with van der Waals surface area (Å²) in [5.41, 5.74) is 5.68. The van der Waals surface area contributed by atoms with Crippen molar-refractivity contribution in [1.82, 2.24) is 34.7 Å². The van der Waals surface area contributed by atoms with E-state index in [4.69, 9.17) is 15.2 Å². The van der Waals surface area contributed by atoms with Gasteiger partial charge in [0.2, 0.25) is 41.4 Å². The fourth-order valence-corrected chi connectivity index (χ4v) is 10.1. The van der Waals surface area contributed by atoms with Crippen LogP contribution in [0.3, 0.4) is 0 Å². The van der Waals surface area contributed by atoms with E-state index in [1.807, 2.05) is 13.8 Å². The van der Waals surface area contributed by atoms with E-state index in [1.54, 1.807) is 0 Å². The molecule has 0 saturated carbocycles. The van der Waals surface area contributed by atoms with Crippen LogP contribution >= 0.6 is 0 Å². The van der Waals surface area contributed by atoms with Gasteiger partial charge in [0.25, 0.3) is 0 Å². The van der Waals surface area contributed by atoms with Crippen molar-refractivity contribution in [3.63, 3.8) is 0 Å². The van der Waals surface area contributed by atoms with Crippen LogP contribution in [0.2, 0.25) is 0 Å². The van der Waals surface area contributed by atoms with Crippen LogP contribution in [-0.4, -0.2) is 210 Å². The molecule has 21 heteroatoms. The SMILES string of the molecule is CCCCCCCC(=O)OCCN(CC(=O)N(CC(N)=O)CC(CC)CCCC)C(=O)CN(CCCCCC)C(=O)CN(CC(CC)CCCC)C(=O)CN(CCOC(=O)CCCCCCC)C(=O)CN(CCCCCC)C(=O)CNC(CO)CO. The Balaban J connectivity index is 7.42. The summed E-state index contributed by atoms with van der Waals surface area (Å²) in [6.45, 7) is 12.8. The van der Waals surface area contributed by atoms with Gasteiger partial charge in [-0.25, -0.2) is 0 Å². The predicted molar refractivity (Wildman–Crippen MR) is 338 cm³/mol. The summed E-state index contributed by atoms with van der Waals surface area (Å²) >= 11 is 0. The number of nitrogens with one attached hydrogen (secondary N) is 1. The smallest absolute Gasteiger partial charge is 0.305 e. The maximum Gasteiger partial charge on any atom is 0.305 e. The molecule has 0 spiro atoms. The average Bonchev–Trinajstić information content (AvgIpc) is 3.14. The van der Waals surface area contributed by atoms with Crippen molar-refractivity contribution in [1.29, 1.82) is 0 Å². The first-order valence-electron chi connectivity index (χ1n) is 33.6. The molecule has 21 nitrogen and oxygen atoms in total. The number of rotatable bonds is 57. The zero-order chi connectivity index (χ0) is 64.3. The average molecular weight is 1220 g/mol. The van der Waals surface area contributed by atoms with Gasteiger partial charge in [-0.3, -0.25) is 43.2 Å². The molecule has 86 heavy (non-hydrogen) atoms. The van der Waals surface area contributed by atoms with Crippen LogP contribution in [0.25, 0.3) is 0 Å². The number of nitrogens with two attached hydrogens (primary N) is 1. The Morgan fingerprint density at radius 2 is 0.698 bits per heavy atom. The first-order chi connectivity index (χ1) is 41.4. The van der Waals surface area contributed by atoms with Crippen LogP contribution in [0.15, 0.2) is 0 Å². The molecular weight excluding hydrogens is 1100 g/mol. The highest BCUT2D eigenvalue weighted by atomic mass is 16.5. The zero-order valence-electron chi connectivity index (χ0n) is 55.2. The predicted octanol–water partition coefficient (Wildman–Crippen LogP) is 7.79. The summed E-state index contributed by atoms with van der Waals surface area (Å²) in [5, 5.41) is 22.2. The van der Waals surface area contributed by atoms with Gasteiger partial charge in [0.1, 0.15) is 13.2 Å². The number of amides is 7. The first-order valence-corrected chi connectivity index (χ1v) is 33.6. The molecule has 0 aliphatic heterocycles. The summed E-state index contributed by atoms with van der Waals surface area (Å²) in [4.78, 5) is 134. The number of aliphatic hydroxyl groups is 2. The van der Waals surface area contributed by atoms with Crippen molar-refractivity contribution in [3.8, 4) is 0 Å². The van der Waals surface area contributed by atoms with Gasteiger partial charge in [0, 0.05) is 39.0 Å². The minimum absolute atomic E-state index is 0.0302. The maximum absolute atomic E-state index is 15.0. The van der Waals surface area contributed by atoms with Crippen LogP contribution in [-0.2, 0) is 52.6 Å². The van der Waals surface area contributed by atoms with Crippen molar-refractivity contribution >= 4 is 53.3 Å². The molecule has 0 aliphatic carbocycles. The second kappa shape index (κ2) is 53.2. The number of hydrogen-bond acceptors (Lipinski definition) is 14. The highest BCUT2D eigenvalue weighted by Crippen LogP contribution is 2.18. The minimum Gasteiger partial charge on any atom is -0.464 e. The molecule has 0 heterocycles. The van der Waals surface area contributed by atoms with E-state index in [-0.39, 0.29) is 90.2 Å². The van der Waals surface area contributed by atoms with Gasteiger partial charge in [-0.15, -0.1) is 0 Å². The quantitative estimate of drug-likeness (QED) is 0.0335. The van der Waals surface area contributed by atoms with Crippen molar-refractivity contribution in [2.75, 3.05) is 112 Å². The van der Waals surface area contributed by atoms with Gasteiger partial charge in [0.15, 0.2) is 0 Å². The Morgan fingerprint density at radius 3 is 1.05 bits per heavy atom. The van der Waals surface area contributed by atoms with Crippen LogP contribution in [0.1, 0.15) is 235 Å². The lowest BCUT2D eigenvalue weighted by molar-refractivity contribution is -0.151. The fraction of sp³-hybridized carbons (Fsp3) is 0.862. The third kappa shape index (κ3) is 39.8. The summed E-state index contributed by atoms with van der Waals surface area (Å²) in [5.74, 6) is -4.74. The number of hydrogen-bond donors (Lipinski definition) is 4. The Morgan fingerprint density at radius 1 is 0.384 bits per heavy atom. The Hall–Kier alpha value is -4.89.